The highest BCUT2D eigenvalue weighted by atomic mass is 35.5. The molecule has 1 amide bonds. The number of ether oxygens (including phenoxy) is 3. The Balaban J connectivity index is 1.93. The SMILES string of the molecule is COc1cc(NC(=O)COC(=O)c2cc(Cl)c[nH]2)cc(OC)c1. The number of carbonyl (C=O) groups is 2. The third kappa shape index (κ3) is 4.65. The zero-order valence-electron chi connectivity index (χ0n) is 12.5. The van der Waals surface area contributed by atoms with Crippen LogP contribution in [0.4, 0.5) is 5.69 Å². The van der Waals surface area contributed by atoms with E-state index in [1.54, 1.807) is 18.2 Å². The van der Waals surface area contributed by atoms with Gasteiger partial charge in [-0.05, 0) is 6.07 Å². The van der Waals surface area contributed by atoms with Gasteiger partial charge in [-0.25, -0.2) is 4.79 Å². The summed E-state index contributed by atoms with van der Waals surface area (Å²) in [4.78, 5) is 26.2. The number of hydrogen-bond acceptors (Lipinski definition) is 5. The third-order valence-corrected chi connectivity index (χ3v) is 3.06. The van der Waals surface area contributed by atoms with Crippen molar-refractivity contribution in [1.29, 1.82) is 0 Å². The number of methoxy groups -OCH3 is 2. The number of aromatic amines is 1. The Hall–Kier alpha value is -2.67. The molecule has 0 radical (unpaired) electrons. The van der Waals surface area contributed by atoms with Gasteiger partial charge in [0.05, 0.1) is 19.2 Å². The number of anilines is 1. The molecular formula is C15H15ClN2O5. The number of nitrogens with one attached hydrogen (secondary N) is 2. The Morgan fingerprint density at radius 3 is 2.30 bits per heavy atom. The van der Waals surface area contributed by atoms with E-state index in [0.29, 0.717) is 22.2 Å². The number of rotatable bonds is 6. The van der Waals surface area contributed by atoms with Crippen LogP contribution in [0.25, 0.3) is 0 Å². The molecule has 0 saturated heterocycles. The standard InChI is InChI=1S/C15H15ClN2O5/c1-21-11-4-10(5-12(6-11)22-2)18-14(19)8-23-15(20)13-3-9(16)7-17-13/h3-7,17H,8H2,1-2H3,(H,18,19). The Bertz CT molecular complexity index is 691. The molecule has 0 saturated carbocycles. The predicted molar refractivity (Wildman–Crippen MR) is 84.3 cm³/mol. The highest BCUT2D eigenvalue weighted by molar-refractivity contribution is 6.30. The highest BCUT2D eigenvalue weighted by Crippen LogP contribution is 2.25. The third-order valence-electron chi connectivity index (χ3n) is 2.84. The van der Waals surface area contributed by atoms with Crippen molar-refractivity contribution < 1.29 is 23.8 Å². The molecule has 0 spiro atoms. The molecule has 7 nitrogen and oxygen atoms in total. The lowest BCUT2D eigenvalue weighted by Crippen LogP contribution is -2.21. The Morgan fingerprint density at radius 2 is 1.78 bits per heavy atom. The van der Waals surface area contributed by atoms with Crippen LogP contribution < -0.4 is 14.8 Å². The molecule has 0 aliphatic heterocycles. The number of amides is 1. The van der Waals surface area contributed by atoms with Crippen LogP contribution in [0.15, 0.2) is 30.5 Å². The lowest BCUT2D eigenvalue weighted by atomic mass is 10.2. The fraction of sp³-hybridized carbons (Fsp3) is 0.200. The van der Waals surface area contributed by atoms with Gasteiger partial charge in [0, 0.05) is 30.1 Å². The zero-order valence-corrected chi connectivity index (χ0v) is 13.3. The maximum absolute atomic E-state index is 11.8. The number of halogens is 1. The van der Waals surface area contributed by atoms with E-state index in [1.807, 2.05) is 0 Å². The molecule has 1 aromatic heterocycles. The van der Waals surface area contributed by atoms with Gasteiger partial charge >= 0.3 is 5.97 Å². The van der Waals surface area contributed by atoms with Crippen LogP contribution >= 0.6 is 11.6 Å². The first kappa shape index (κ1) is 16.7. The molecule has 2 N–H and O–H groups in total. The first-order valence-electron chi connectivity index (χ1n) is 6.56. The summed E-state index contributed by atoms with van der Waals surface area (Å²) >= 11 is 5.69. The van der Waals surface area contributed by atoms with Crippen molar-refractivity contribution in [3.05, 3.63) is 41.2 Å². The van der Waals surface area contributed by atoms with Gasteiger partial charge in [0.25, 0.3) is 5.91 Å². The van der Waals surface area contributed by atoms with E-state index in [0.717, 1.165) is 0 Å². The van der Waals surface area contributed by atoms with Gasteiger partial charge in [0.1, 0.15) is 17.2 Å². The van der Waals surface area contributed by atoms with Gasteiger partial charge in [-0.2, -0.15) is 0 Å². The van der Waals surface area contributed by atoms with E-state index in [9.17, 15) is 9.59 Å². The van der Waals surface area contributed by atoms with Crippen LogP contribution in [0.3, 0.4) is 0 Å². The fourth-order valence-corrected chi connectivity index (χ4v) is 1.93. The van der Waals surface area contributed by atoms with Crippen molar-refractivity contribution in [2.24, 2.45) is 0 Å². The highest BCUT2D eigenvalue weighted by Gasteiger charge is 2.13. The smallest absolute Gasteiger partial charge is 0.355 e. The Labute approximate surface area is 137 Å². The molecule has 0 unspecified atom stereocenters. The van der Waals surface area contributed by atoms with Crippen LogP contribution in [-0.4, -0.2) is 37.7 Å². The van der Waals surface area contributed by atoms with Gasteiger partial charge in [0.15, 0.2) is 6.61 Å². The quantitative estimate of drug-likeness (QED) is 0.790. The minimum Gasteiger partial charge on any atom is -0.497 e. The van der Waals surface area contributed by atoms with Gasteiger partial charge in [-0.15, -0.1) is 0 Å². The molecule has 23 heavy (non-hydrogen) atoms. The molecule has 8 heteroatoms. The van der Waals surface area contributed by atoms with E-state index in [4.69, 9.17) is 25.8 Å². The summed E-state index contributed by atoms with van der Waals surface area (Å²) in [7, 11) is 3.01. The van der Waals surface area contributed by atoms with Crippen molar-refractivity contribution in [2.45, 2.75) is 0 Å². The van der Waals surface area contributed by atoms with Crippen molar-refractivity contribution in [3.63, 3.8) is 0 Å². The number of H-pyrrole nitrogens is 1. The summed E-state index contributed by atoms with van der Waals surface area (Å²) in [6.45, 7) is -0.436. The van der Waals surface area contributed by atoms with Gasteiger partial charge in [-0.1, -0.05) is 11.6 Å². The Morgan fingerprint density at radius 1 is 1.13 bits per heavy atom. The first-order valence-corrected chi connectivity index (χ1v) is 6.93. The van der Waals surface area contributed by atoms with Gasteiger partial charge in [0.2, 0.25) is 0 Å². The topological polar surface area (TPSA) is 89.6 Å². The monoisotopic (exact) mass is 338 g/mol. The lowest BCUT2D eigenvalue weighted by molar-refractivity contribution is -0.119. The van der Waals surface area contributed by atoms with Crippen molar-refractivity contribution in [1.82, 2.24) is 4.98 Å². The second-order valence-corrected chi connectivity index (χ2v) is 4.89. The van der Waals surface area contributed by atoms with E-state index in [1.165, 1.54) is 26.5 Å². The fourth-order valence-electron chi connectivity index (χ4n) is 1.77. The zero-order chi connectivity index (χ0) is 16.8. The predicted octanol–water partition coefficient (Wildman–Crippen LogP) is 2.48. The summed E-state index contributed by atoms with van der Waals surface area (Å²) in [5.41, 5.74) is 0.635. The number of hydrogen-bond donors (Lipinski definition) is 2. The van der Waals surface area contributed by atoms with Crippen LogP contribution in [0.5, 0.6) is 11.5 Å². The molecule has 1 aromatic carbocycles. The molecule has 2 rings (SSSR count). The molecule has 122 valence electrons. The molecule has 0 aliphatic carbocycles. The summed E-state index contributed by atoms with van der Waals surface area (Å²) < 4.78 is 15.1. The molecule has 0 aliphatic rings. The minimum absolute atomic E-state index is 0.172. The maximum Gasteiger partial charge on any atom is 0.355 e. The van der Waals surface area contributed by atoms with Crippen LogP contribution in [0.2, 0.25) is 5.02 Å². The summed E-state index contributed by atoms with van der Waals surface area (Å²) in [6, 6.07) is 6.32. The van der Waals surface area contributed by atoms with E-state index >= 15 is 0 Å². The normalized spacial score (nSPS) is 10.0. The summed E-state index contributed by atoms with van der Waals surface area (Å²) in [5.74, 6) is -0.114. The summed E-state index contributed by atoms with van der Waals surface area (Å²) in [5, 5.41) is 2.97. The first-order chi connectivity index (χ1) is 11.0. The Kier molecular flexibility index (Phi) is 5.48. The molecule has 0 fully saturated rings. The second kappa shape index (κ2) is 7.55. The van der Waals surface area contributed by atoms with Crippen LogP contribution in [0.1, 0.15) is 10.5 Å². The van der Waals surface area contributed by atoms with Gasteiger partial charge in [-0.3, -0.25) is 4.79 Å². The average Bonchev–Trinajstić information content (AvgIpc) is 2.98. The lowest BCUT2D eigenvalue weighted by Gasteiger charge is -2.10. The van der Waals surface area contributed by atoms with Crippen molar-refractivity contribution >= 4 is 29.2 Å². The van der Waals surface area contributed by atoms with E-state index in [-0.39, 0.29) is 5.69 Å². The minimum atomic E-state index is -0.671. The largest absolute Gasteiger partial charge is 0.497 e. The van der Waals surface area contributed by atoms with E-state index < -0.39 is 18.5 Å². The van der Waals surface area contributed by atoms with Crippen LogP contribution in [0, 0.1) is 0 Å². The molecule has 2 aromatic rings. The number of benzene rings is 1. The molecule has 0 bridgehead atoms. The number of aromatic nitrogens is 1. The summed E-state index contributed by atoms with van der Waals surface area (Å²) in [6.07, 6.45) is 1.45. The van der Waals surface area contributed by atoms with Crippen molar-refractivity contribution in [3.8, 4) is 11.5 Å². The van der Waals surface area contributed by atoms with Crippen molar-refractivity contribution in [2.75, 3.05) is 26.1 Å². The number of esters is 1. The molecular weight excluding hydrogens is 324 g/mol. The second-order valence-electron chi connectivity index (χ2n) is 4.46. The average molecular weight is 339 g/mol. The van der Waals surface area contributed by atoms with Crippen LogP contribution in [-0.2, 0) is 9.53 Å². The molecule has 0 atom stereocenters. The molecule has 1 heterocycles. The maximum atomic E-state index is 11.8. The number of carbonyl (C=O) groups excluding carboxylic acids is 2. The van der Waals surface area contributed by atoms with E-state index in [2.05, 4.69) is 10.3 Å². The van der Waals surface area contributed by atoms with Gasteiger partial charge < -0.3 is 24.5 Å².